The second-order valence-corrected chi connectivity index (χ2v) is 7.36. The number of carbonyl (C=O) groups excluding carboxylic acids is 1. The second-order valence-electron chi connectivity index (χ2n) is 7.36. The van der Waals surface area contributed by atoms with E-state index in [-0.39, 0.29) is 17.9 Å². The lowest BCUT2D eigenvalue weighted by atomic mass is 9.84. The highest BCUT2D eigenvalue weighted by Crippen LogP contribution is 2.30. The van der Waals surface area contributed by atoms with Gasteiger partial charge in [0.1, 0.15) is 0 Å². The molecule has 2 aromatic carbocycles. The number of hydrogen-bond donors (Lipinski definition) is 1. The predicted octanol–water partition coefficient (Wildman–Crippen LogP) is 5.50. The SMILES string of the molecule is C=C[C@H](C)[C@@H](CCC(c1ccccc1)c1ccccc1)NCC(=C)C(=O)OCC. The van der Waals surface area contributed by atoms with Crippen LogP contribution in [-0.2, 0) is 9.53 Å². The van der Waals surface area contributed by atoms with Gasteiger partial charge in [-0.15, -0.1) is 6.58 Å². The van der Waals surface area contributed by atoms with Crippen molar-refractivity contribution < 1.29 is 9.53 Å². The highest BCUT2D eigenvalue weighted by Gasteiger charge is 2.20. The monoisotopic (exact) mass is 391 g/mol. The van der Waals surface area contributed by atoms with Crippen molar-refractivity contribution >= 4 is 5.97 Å². The summed E-state index contributed by atoms with van der Waals surface area (Å²) in [4.78, 5) is 11.8. The van der Waals surface area contributed by atoms with Crippen LogP contribution in [0.2, 0.25) is 0 Å². The van der Waals surface area contributed by atoms with Crippen molar-refractivity contribution in [2.45, 2.75) is 38.6 Å². The van der Waals surface area contributed by atoms with Crippen LogP contribution in [0.5, 0.6) is 0 Å². The molecule has 0 unspecified atom stereocenters. The van der Waals surface area contributed by atoms with E-state index in [1.807, 2.05) is 6.08 Å². The minimum absolute atomic E-state index is 0.202. The minimum atomic E-state index is -0.337. The van der Waals surface area contributed by atoms with Gasteiger partial charge in [-0.3, -0.25) is 0 Å². The lowest BCUT2D eigenvalue weighted by molar-refractivity contribution is -0.138. The second kappa shape index (κ2) is 12.0. The standard InChI is InChI=1S/C26H33NO2/c1-5-20(3)25(27-19-21(4)26(28)29-6-2)18-17-24(22-13-9-7-10-14-22)23-15-11-8-12-16-23/h5,7-16,20,24-25,27H,1,4,6,17-19H2,2-3H3/t20-,25+/m0/s1. The van der Waals surface area contributed by atoms with Crippen molar-refractivity contribution in [1.82, 2.24) is 5.32 Å². The topological polar surface area (TPSA) is 38.3 Å². The first-order valence-corrected chi connectivity index (χ1v) is 10.4. The van der Waals surface area contributed by atoms with Crippen molar-refractivity contribution in [1.29, 1.82) is 0 Å². The van der Waals surface area contributed by atoms with E-state index in [0.29, 0.717) is 24.6 Å². The molecular weight excluding hydrogens is 358 g/mol. The molecule has 0 aliphatic rings. The van der Waals surface area contributed by atoms with Crippen LogP contribution < -0.4 is 5.32 Å². The van der Waals surface area contributed by atoms with Crippen LogP contribution >= 0.6 is 0 Å². The first-order chi connectivity index (χ1) is 14.1. The van der Waals surface area contributed by atoms with Gasteiger partial charge in [-0.1, -0.05) is 80.2 Å². The van der Waals surface area contributed by atoms with E-state index in [1.54, 1.807) is 6.92 Å². The van der Waals surface area contributed by atoms with E-state index < -0.39 is 0 Å². The Bertz CT molecular complexity index is 730. The van der Waals surface area contributed by atoms with Gasteiger partial charge in [-0.05, 0) is 36.8 Å². The van der Waals surface area contributed by atoms with Crippen molar-refractivity contribution in [3.63, 3.8) is 0 Å². The first-order valence-electron chi connectivity index (χ1n) is 10.4. The van der Waals surface area contributed by atoms with Crippen LogP contribution in [-0.4, -0.2) is 25.2 Å². The number of hydrogen-bond acceptors (Lipinski definition) is 3. The van der Waals surface area contributed by atoms with Crippen LogP contribution in [0, 0.1) is 5.92 Å². The van der Waals surface area contributed by atoms with Crippen LogP contribution in [0.1, 0.15) is 43.7 Å². The number of nitrogens with one attached hydrogen (secondary N) is 1. The van der Waals surface area contributed by atoms with Gasteiger partial charge in [0.2, 0.25) is 0 Å². The Morgan fingerprint density at radius 2 is 1.59 bits per heavy atom. The maximum Gasteiger partial charge on any atom is 0.334 e. The summed E-state index contributed by atoms with van der Waals surface area (Å²) in [5.74, 6) is 0.264. The number of carbonyl (C=O) groups is 1. The van der Waals surface area contributed by atoms with E-state index in [4.69, 9.17) is 4.74 Å². The number of rotatable bonds is 12. The maximum absolute atomic E-state index is 11.8. The van der Waals surface area contributed by atoms with Crippen molar-refractivity contribution in [3.05, 3.63) is 96.6 Å². The molecule has 2 aromatic rings. The van der Waals surface area contributed by atoms with Gasteiger partial charge in [0.25, 0.3) is 0 Å². The molecular formula is C26H33NO2. The molecule has 0 aliphatic carbocycles. The fraction of sp³-hybridized carbons (Fsp3) is 0.346. The van der Waals surface area contributed by atoms with Gasteiger partial charge in [0, 0.05) is 24.1 Å². The zero-order chi connectivity index (χ0) is 21.1. The molecule has 0 aromatic heterocycles. The third-order valence-corrected chi connectivity index (χ3v) is 5.32. The van der Waals surface area contributed by atoms with Gasteiger partial charge >= 0.3 is 5.97 Å². The molecule has 0 aliphatic heterocycles. The lowest BCUT2D eigenvalue weighted by Crippen LogP contribution is -2.37. The Hall–Kier alpha value is -2.65. The van der Waals surface area contributed by atoms with Crippen molar-refractivity contribution in [2.75, 3.05) is 13.2 Å². The minimum Gasteiger partial charge on any atom is -0.463 e. The summed E-state index contributed by atoms with van der Waals surface area (Å²) in [6, 6.07) is 21.5. The smallest absolute Gasteiger partial charge is 0.334 e. The largest absolute Gasteiger partial charge is 0.463 e. The Morgan fingerprint density at radius 3 is 2.07 bits per heavy atom. The summed E-state index contributed by atoms with van der Waals surface area (Å²) in [6.07, 6.45) is 3.92. The van der Waals surface area contributed by atoms with Gasteiger partial charge in [0.15, 0.2) is 0 Å². The summed E-state index contributed by atoms with van der Waals surface area (Å²) >= 11 is 0. The molecule has 0 heterocycles. The molecule has 0 bridgehead atoms. The summed E-state index contributed by atoms with van der Waals surface area (Å²) in [6.45, 7) is 12.6. The van der Waals surface area contributed by atoms with Gasteiger partial charge in [-0.25, -0.2) is 4.79 Å². The van der Waals surface area contributed by atoms with E-state index in [2.05, 4.69) is 86.1 Å². The van der Waals surface area contributed by atoms with Crippen molar-refractivity contribution in [3.8, 4) is 0 Å². The Balaban J connectivity index is 2.09. The fourth-order valence-corrected chi connectivity index (χ4v) is 3.52. The third kappa shape index (κ3) is 7.03. The predicted molar refractivity (Wildman–Crippen MR) is 121 cm³/mol. The molecule has 0 saturated heterocycles. The number of esters is 1. The van der Waals surface area contributed by atoms with Crippen molar-refractivity contribution in [2.24, 2.45) is 5.92 Å². The fourth-order valence-electron chi connectivity index (χ4n) is 3.52. The Kier molecular flexibility index (Phi) is 9.39. The molecule has 2 rings (SSSR count). The first kappa shape index (κ1) is 22.6. The molecule has 3 heteroatoms. The Labute approximate surface area is 175 Å². The molecule has 29 heavy (non-hydrogen) atoms. The van der Waals surface area contributed by atoms with Crippen LogP contribution in [0.15, 0.2) is 85.5 Å². The normalized spacial score (nSPS) is 12.9. The Morgan fingerprint density at radius 1 is 1.03 bits per heavy atom. The van der Waals surface area contributed by atoms with E-state index >= 15 is 0 Å². The summed E-state index contributed by atoms with van der Waals surface area (Å²) in [7, 11) is 0. The molecule has 2 atom stereocenters. The highest BCUT2D eigenvalue weighted by molar-refractivity contribution is 5.88. The lowest BCUT2D eigenvalue weighted by Gasteiger charge is -2.26. The van der Waals surface area contributed by atoms with Crippen LogP contribution in [0.25, 0.3) is 0 Å². The van der Waals surface area contributed by atoms with E-state index in [1.165, 1.54) is 11.1 Å². The summed E-state index contributed by atoms with van der Waals surface area (Å²) in [5, 5.41) is 3.50. The quantitative estimate of drug-likeness (QED) is 0.295. The summed E-state index contributed by atoms with van der Waals surface area (Å²) in [5.41, 5.74) is 3.09. The average Bonchev–Trinajstić information content (AvgIpc) is 2.76. The summed E-state index contributed by atoms with van der Waals surface area (Å²) < 4.78 is 5.04. The van der Waals surface area contributed by atoms with Crippen LogP contribution in [0.3, 0.4) is 0 Å². The molecule has 0 saturated carbocycles. The molecule has 154 valence electrons. The number of benzene rings is 2. The highest BCUT2D eigenvalue weighted by atomic mass is 16.5. The molecule has 1 N–H and O–H groups in total. The third-order valence-electron chi connectivity index (χ3n) is 5.32. The van der Waals surface area contributed by atoms with Gasteiger partial charge < -0.3 is 10.1 Å². The number of ether oxygens (including phenoxy) is 1. The molecule has 0 radical (unpaired) electrons. The van der Waals surface area contributed by atoms with E-state index in [9.17, 15) is 4.79 Å². The zero-order valence-corrected chi connectivity index (χ0v) is 17.6. The molecule has 0 fully saturated rings. The molecule has 3 nitrogen and oxygen atoms in total. The zero-order valence-electron chi connectivity index (χ0n) is 17.6. The average molecular weight is 392 g/mol. The molecule has 0 spiro atoms. The van der Waals surface area contributed by atoms with E-state index in [0.717, 1.165) is 12.8 Å². The van der Waals surface area contributed by atoms with Gasteiger partial charge in [0.05, 0.1) is 6.61 Å². The van der Waals surface area contributed by atoms with Crippen LogP contribution in [0.4, 0.5) is 0 Å². The maximum atomic E-state index is 11.8. The van der Waals surface area contributed by atoms with Gasteiger partial charge in [-0.2, -0.15) is 0 Å². The molecule has 0 amide bonds.